The first-order valence-corrected chi connectivity index (χ1v) is 7.74. The molecule has 0 amide bonds. The average Bonchev–Trinajstić information content (AvgIpc) is 3.04. The molecule has 116 valence electrons. The van der Waals surface area contributed by atoms with E-state index in [9.17, 15) is 0 Å². The van der Waals surface area contributed by atoms with Crippen molar-refractivity contribution in [1.29, 1.82) is 0 Å². The number of nitrogen functional groups attached to an aromatic ring is 1. The molecule has 0 spiro atoms. The number of nitrogens with one attached hydrogen (secondary N) is 1. The number of nitrogens with two attached hydrogens (primary N) is 2. The Morgan fingerprint density at radius 2 is 2.14 bits per heavy atom. The van der Waals surface area contributed by atoms with Gasteiger partial charge < -0.3 is 21.4 Å². The lowest BCUT2D eigenvalue weighted by Gasteiger charge is -2.32. The zero-order valence-electron chi connectivity index (χ0n) is 12.4. The van der Waals surface area contributed by atoms with Crippen LogP contribution in [0.3, 0.4) is 0 Å². The van der Waals surface area contributed by atoms with Crippen LogP contribution in [0.5, 0.6) is 0 Å². The van der Waals surface area contributed by atoms with Crippen LogP contribution in [0.25, 0.3) is 0 Å². The van der Waals surface area contributed by atoms with Gasteiger partial charge in [-0.1, -0.05) is 0 Å². The van der Waals surface area contributed by atoms with Crippen molar-refractivity contribution in [3.8, 4) is 0 Å². The minimum atomic E-state index is 0.288. The minimum absolute atomic E-state index is 0.288. The van der Waals surface area contributed by atoms with Gasteiger partial charge in [0, 0.05) is 31.0 Å². The predicted molar refractivity (Wildman–Crippen MR) is 82.1 cm³/mol. The summed E-state index contributed by atoms with van der Waals surface area (Å²) in [7, 11) is 0. The molecular weight excluding hydrogens is 280 g/mol. The van der Waals surface area contributed by atoms with E-state index in [0.717, 1.165) is 55.4 Å². The molecule has 0 saturated heterocycles. The lowest BCUT2D eigenvalue weighted by molar-refractivity contribution is 0.345. The molecule has 8 nitrogen and oxygen atoms in total. The molecule has 0 radical (unpaired) electrons. The van der Waals surface area contributed by atoms with Crippen LogP contribution < -0.4 is 16.8 Å². The van der Waals surface area contributed by atoms with Crippen LogP contribution >= 0.6 is 0 Å². The summed E-state index contributed by atoms with van der Waals surface area (Å²) in [6, 6.07) is 2.25. The van der Waals surface area contributed by atoms with Crippen molar-refractivity contribution in [1.82, 2.24) is 24.7 Å². The fourth-order valence-corrected chi connectivity index (χ4v) is 3.20. The van der Waals surface area contributed by atoms with Crippen molar-refractivity contribution in [3.05, 3.63) is 23.4 Å². The third-order valence-electron chi connectivity index (χ3n) is 4.47. The van der Waals surface area contributed by atoms with E-state index in [1.54, 1.807) is 0 Å². The molecule has 0 bridgehead atoms. The Bertz CT molecular complexity index is 688. The molecular formula is C14H20N8. The molecule has 1 aliphatic carbocycles. The molecule has 2 aliphatic rings. The maximum absolute atomic E-state index is 5.85. The summed E-state index contributed by atoms with van der Waals surface area (Å²) in [6.45, 7) is 1.59. The van der Waals surface area contributed by atoms with Gasteiger partial charge in [-0.3, -0.25) is 0 Å². The summed E-state index contributed by atoms with van der Waals surface area (Å²) in [5.41, 5.74) is 12.6. The van der Waals surface area contributed by atoms with E-state index in [1.807, 2.05) is 6.07 Å². The van der Waals surface area contributed by atoms with Crippen LogP contribution in [0.15, 0.2) is 6.07 Å². The zero-order valence-corrected chi connectivity index (χ0v) is 12.4. The Balaban J connectivity index is 1.48. The Kier molecular flexibility index (Phi) is 3.18. The van der Waals surface area contributed by atoms with Crippen molar-refractivity contribution >= 4 is 11.8 Å². The second-order valence-corrected chi connectivity index (χ2v) is 6.11. The Labute approximate surface area is 128 Å². The molecule has 5 N–H and O–H groups in total. The molecule has 3 heterocycles. The molecule has 2 aromatic heterocycles. The third-order valence-corrected chi connectivity index (χ3v) is 4.47. The Morgan fingerprint density at radius 3 is 2.95 bits per heavy atom. The fraction of sp³-hybridized carbons (Fsp3) is 0.571. The van der Waals surface area contributed by atoms with Crippen molar-refractivity contribution < 1.29 is 0 Å². The summed E-state index contributed by atoms with van der Waals surface area (Å²) in [6.07, 6.45) is 4.09. The van der Waals surface area contributed by atoms with Crippen molar-refractivity contribution in [3.63, 3.8) is 0 Å². The van der Waals surface area contributed by atoms with Crippen molar-refractivity contribution in [2.24, 2.45) is 5.73 Å². The summed E-state index contributed by atoms with van der Waals surface area (Å²) in [5.74, 6) is 3.45. The number of nitrogens with zero attached hydrogens (tertiary/aromatic N) is 5. The molecule has 0 unspecified atom stereocenters. The van der Waals surface area contributed by atoms with E-state index in [2.05, 4.69) is 30.0 Å². The maximum Gasteiger partial charge on any atom is 0.222 e. The van der Waals surface area contributed by atoms with Crippen LogP contribution in [-0.2, 0) is 19.5 Å². The summed E-state index contributed by atoms with van der Waals surface area (Å²) in [4.78, 5) is 8.58. The number of anilines is 2. The van der Waals surface area contributed by atoms with Crippen LogP contribution in [0.2, 0.25) is 0 Å². The number of hydrogen-bond acceptors (Lipinski definition) is 7. The third kappa shape index (κ3) is 2.39. The highest BCUT2D eigenvalue weighted by atomic mass is 15.3. The van der Waals surface area contributed by atoms with E-state index in [4.69, 9.17) is 11.5 Å². The van der Waals surface area contributed by atoms with Crippen LogP contribution in [-0.4, -0.2) is 30.8 Å². The van der Waals surface area contributed by atoms with Gasteiger partial charge in [0.15, 0.2) is 5.82 Å². The van der Waals surface area contributed by atoms with E-state index < -0.39 is 0 Å². The van der Waals surface area contributed by atoms with Gasteiger partial charge >= 0.3 is 0 Å². The highest BCUT2D eigenvalue weighted by Gasteiger charge is 2.29. The average molecular weight is 300 g/mol. The minimum Gasteiger partial charge on any atom is -0.368 e. The molecule has 1 saturated carbocycles. The van der Waals surface area contributed by atoms with E-state index in [-0.39, 0.29) is 6.04 Å². The van der Waals surface area contributed by atoms with Gasteiger partial charge in [-0.15, -0.1) is 10.2 Å². The standard InChI is InChI=1S/C14H20N8/c15-9-4-8(5-9)10-6-11(19-14(16)18-10)17-7-13-21-20-12-2-1-3-22(12)13/h6,8-9H,1-5,7,15H2,(H3,16,17,18,19). The molecule has 2 aromatic rings. The number of fused-ring (bicyclic) bond motifs is 1. The maximum atomic E-state index is 5.85. The van der Waals surface area contributed by atoms with Crippen LogP contribution in [0, 0.1) is 0 Å². The summed E-state index contributed by atoms with van der Waals surface area (Å²) < 4.78 is 2.17. The normalized spacial score (nSPS) is 23.1. The lowest BCUT2D eigenvalue weighted by atomic mass is 9.78. The number of rotatable bonds is 4. The van der Waals surface area contributed by atoms with Gasteiger partial charge in [-0.05, 0) is 19.3 Å². The molecule has 0 atom stereocenters. The highest BCUT2D eigenvalue weighted by molar-refractivity contribution is 5.42. The second-order valence-electron chi connectivity index (χ2n) is 6.11. The molecule has 22 heavy (non-hydrogen) atoms. The second kappa shape index (κ2) is 5.20. The Morgan fingerprint density at radius 1 is 1.27 bits per heavy atom. The molecule has 8 heteroatoms. The van der Waals surface area contributed by atoms with Gasteiger partial charge in [0.2, 0.25) is 5.95 Å². The van der Waals surface area contributed by atoms with E-state index in [1.165, 1.54) is 0 Å². The van der Waals surface area contributed by atoms with Gasteiger partial charge in [0.05, 0.1) is 12.2 Å². The van der Waals surface area contributed by atoms with Crippen LogP contribution in [0.4, 0.5) is 11.8 Å². The lowest BCUT2D eigenvalue weighted by Crippen LogP contribution is -2.35. The van der Waals surface area contributed by atoms with Crippen molar-refractivity contribution in [2.75, 3.05) is 11.1 Å². The predicted octanol–water partition coefficient (Wildman–Crippen LogP) is 0.413. The zero-order chi connectivity index (χ0) is 15.1. The number of aryl methyl sites for hydroxylation is 1. The quantitative estimate of drug-likeness (QED) is 0.748. The summed E-state index contributed by atoms with van der Waals surface area (Å²) in [5, 5.41) is 11.7. The molecule has 1 aliphatic heterocycles. The van der Waals surface area contributed by atoms with Gasteiger partial charge in [-0.25, -0.2) is 4.98 Å². The van der Waals surface area contributed by atoms with Gasteiger partial charge in [0.1, 0.15) is 11.6 Å². The molecule has 0 aromatic carbocycles. The largest absolute Gasteiger partial charge is 0.368 e. The van der Waals surface area contributed by atoms with Crippen molar-refractivity contribution in [2.45, 2.75) is 50.7 Å². The summed E-state index contributed by atoms with van der Waals surface area (Å²) >= 11 is 0. The molecule has 4 rings (SSSR count). The van der Waals surface area contributed by atoms with Gasteiger partial charge in [0.25, 0.3) is 0 Å². The highest BCUT2D eigenvalue weighted by Crippen LogP contribution is 2.35. The number of aromatic nitrogens is 5. The Hall–Kier alpha value is -2.22. The first-order valence-electron chi connectivity index (χ1n) is 7.74. The number of hydrogen-bond donors (Lipinski definition) is 3. The molecule has 1 fully saturated rings. The van der Waals surface area contributed by atoms with Crippen LogP contribution in [0.1, 0.15) is 42.5 Å². The topological polar surface area (TPSA) is 121 Å². The first kappa shape index (κ1) is 13.4. The monoisotopic (exact) mass is 300 g/mol. The van der Waals surface area contributed by atoms with Gasteiger partial charge in [-0.2, -0.15) is 4.98 Å². The van der Waals surface area contributed by atoms with E-state index >= 15 is 0 Å². The fourth-order valence-electron chi connectivity index (χ4n) is 3.20. The first-order chi connectivity index (χ1) is 10.7. The smallest absolute Gasteiger partial charge is 0.222 e. The van der Waals surface area contributed by atoms with E-state index in [0.29, 0.717) is 18.4 Å². The SMILES string of the molecule is Nc1nc(NCc2nnc3n2CCC3)cc(C2CC(N)C2)n1.